The van der Waals surface area contributed by atoms with E-state index in [1.165, 1.54) is 4.90 Å². The van der Waals surface area contributed by atoms with Crippen molar-refractivity contribution in [2.45, 2.75) is 32.6 Å². The van der Waals surface area contributed by atoms with Gasteiger partial charge in [-0.1, -0.05) is 91.0 Å². The molecule has 3 aromatic carbocycles. The van der Waals surface area contributed by atoms with Crippen LogP contribution in [0.4, 0.5) is 0 Å². The molecule has 0 saturated carbocycles. The zero-order valence-corrected chi connectivity index (χ0v) is 20.8. The minimum atomic E-state index is -3.67. The number of sulfonamides is 1. The van der Waals surface area contributed by atoms with Crippen LogP contribution in [0.3, 0.4) is 0 Å². The molecule has 0 aliphatic heterocycles. The van der Waals surface area contributed by atoms with Crippen molar-refractivity contribution in [3.63, 3.8) is 0 Å². The lowest BCUT2D eigenvalue weighted by Gasteiger charge is -2.31. The zero-order chi connectivity index (χ0) is 25.3. The molecule has 0 aliphatic carbocycles. The van der Waals surface area contributed by atoms with Gasteiger partial charge in [-0.15, -0.1) is 0 Å². The first-order chi connectivity index (χ1) is 16.7. The predicted molar refractivity (Wildman–Crippen MR) is 136 cm³/mol. The maximum atomic E-state index is 13.5. The van der Waals surface area contributed by atoms with Crippen LogP contribution in [0.1, 0.15) is 23.6 Å². The third-order valence-electron chi connectivity index (χ3n) is 5.65. The summed E-state index contributed by atoms with van der Waals surface area (Å²) < 4.78 is 26.1. The molecule has 7 nitrogen and oxygen atoms in total. The molecule has 8 heteroatoms. The average molecular weight is 494 g/mol. The Bertz CT molecular complexity index is 1200. The Hall–Kier alpha value is -3.49. The Morgan fingerprint density at radius 2 is 1.23 bits per heavy atom. The molecule has 2 amide bonds. The molecule has 35 heavy (non-hydrogen) atoms. The summed E-state index contributed by atoms with van der Waals surface area (Å²) in [5, 5.41) is 2.88. The van der Waals surface area contributed by atoms with Crippen LogP contribution in [0, 0.1) is 0 Å². The number of amides is 2. The highest BCUT2D eigenvalue weighted by Crippen LogP contribution is 2.14. The van der Waals surface area contributed by atoms with E-state index >= 15 is 0 Å². The first kappa shape index (κ1) is 26.1. The number of carbonyl (C=O) groups is 2. The lowest BCUT2D eigenvalue weighted by molar-refractivity contribution is -0.140. The molecule has 1 unspecified atom stereocenters. The van der Waals surface area contributed by atoms with E-state index in [4.69, 9.17) is 0 Å². The van der Waals surface area contributed by atoms with Crippen LogP contribution in [-0.2, 0) is 39.2 Å². The summed E-state index contributed by atoms with van der Waals surface area (Å²) in [6.45, 7) is 1.88. The highest BCUT2D eigenvalue weighted by molar-refractivity contribution is 7.88. The van der Waals surface area contributed by atoms with Gasteiger partial charge in [0.25, 0.3) is 0 Å². The molecule has 0 fully saturated rings. The molecule has 3 rings (SSSR count). The molecule has 0 aromatic heterocycles. The molecule has 0 spiro atoms. The smallest absolute Gasteiger partial charge is 0.242 e. The molecule has 1 atom stereocenters. The lowest BCUT2D eigenvalue weighted by Crippen LogP contribution is -2.50. The summed E-state index contributed by atoms with van der Waals surface area (Å²) in [5.41, 5.74) is 2.56. The number of nitrogens with one attached hydrogen (secondary N) is 1. The zero-order valence-electron chi connectivity index (χ0n) is 20.0. The largest absolute Gasteiger partial charge is 0.350 e. The second-order valence-corrected chi connectivity index (χ2v) is 10.4. The molecule has 0 radical (unpaired) electrons. The van der Waals surface area contributed by atoms with Crippen molar-refractivity contribution in [3.8, 4) is 0 Å². The van der Waals surface area contributed by atoms with Gasteiger partial charge in [0.05, 0.1) is 12.8 Å². The number of hydrogen-bond acceptors (Lipinski definition) is 4. The van der Waals surface area contributed by atoms with E-state index in [-0.39, 0.29) is 25.5 Å². The van der Waals surface area contributed by atoms with Crippen LogP contribution >= 0.6 is 0 Å². The van der Waals surface area contributed by atoms with E-state index in [2.05, 4.69) is 5.32 Å². The van der Waals surface area contributed by atoms with Gasteiger partial charge in [0.15, 0.2) is 0 Å². The standard InChI is InChI=1S/C27H31N3O4S/c1-22(27(32)28-18-23-12-6-3-7-13-23)30(20-25-16-10-5-11-17-25)26(31)21-29(35(2,33)34)19-24-14-8-4-9-15-24/h3-17,22H,18-21H2,1-2H3,(H,28,32). The Morgan fingerprint density at radius 1 is 0.771 bits per heavy atom. The Morgan fingerprint density at radius 3 is 1.71 bits per heavy atom. The summed E-state index contributed by atoms with van der Waals surface area (Å²) in [6, 6.07) is 27.1. The fourth-order valence-corrected chi connectivity index (χ4v) is 4.34. The number of hydrogen-bond donors (Lipinski definition) is 1. The SMILES string of the molecule is CC(C(=O)NCc1ccccc1)N(Cc1ccccc1)C(=O)CN(Cc1ccccc1)S(C)(=O)=O. The van der Waals surface area contributed by atoms with Crippen LogP contribution in [0.5, 0.6) is 0 Å². The van der Waals surface area contributed by atoms with Crippen molar-refractivity contribution < 1.29 is 18.0 Å². The van der Waals surface area contributed by atoms with Gasteiger partial charge in [0, 0.05) is 19.6 Å². The summed E-state index contributed by atoms with van der Waals surface area (Å²) in [4.78, 5) is 27.9. The predicted octanol–water partition coefficient (Wildman–Crippen LogP) is 3.18. The van der Waals surface area contributed by atoms with Crippen LogP contribution < -0.4 is 5.32 Å². The Labute approximate surface area is 207 Å². The van der Waals surface area contributed by atoms with E-state index in [1.54, 1.807) is 6.92 Å². The topological polar surface area (TPSA) is 86.8 Å². The summed E-state index contributed by atoms with van der Waals surface area (Å²) in [5.74, 6) is -0.760. The molecule has 0 saturated heterocycles. The van der Waals surface area contributed by atoms with Crippen LogP contribution in [0.2, 0.25) is 0 Å². The number of rotatable bonds is 11. The fraction of sp³-hybridized carbons (Fsp3) is 0.259. The highest BCUT2D eigenvalue weighted by atomic mass is 32.2. The first-order valence-electron chi connectivity index (χ1n) is 11.4. The molecule has 0 heterocycles. The van der Waals surface area contributed by atoms with Crippen molar-refractivity contribution in [1.82, 2.24) is 14.5 Å². The number of benzene rings is 3. The third-order valence-corrected chi connectivity index (χ3v) is 6.85. The molecule has 1 N–H and O–H groups in total. The monoisotopic (exact) mass is 493 g/mol. The van der Waals surface area contributed by atoms with Crippen molar-refractivity contribution in [2.75, 3.05) is 12.8 Å². The maximum absolute atomic E-state index is 13.5. The van der Waals surface area contributed by atoms with Gasteiger partial charge in [-0.25, -0.2) is 8.42 Å². The molecular weight excluding hydrogens is 462 g/mol. The van der Waals surface area contributed by atoms with Crippen LogP contribution in [-0.4, -0.2) is 48.3 Å². The van der Waals surface area contributed by atoms with Gasteiger partial charge in [0.1, 0.15) is 6.04 Å². The maximum Gasteiger partial charge on any atom is 0.242 e. The van der Waals surface area contributed by atoms with Crippen molar-refractivity contribution in [3.05, 3.63) is 108 Å². The van der Waals surface area contributed by atoms with Gasteiger partial charge in [-0.05, 0) is 23.6 Å². The molecule has 0 bridgehead atoms. The minimum Gasteiger partial charge on any atom is -0.350 e. The van der Waals surface area contributed by atoms with Crippen molar-refractivity contribution in [2.24, 2.45) is 0 Å². The van der Waals surface area contributed by atoms with Crippen molar-refractivity contribution >= 4 is 21.8 Å². The van der Waals surface area contributed by atoms with Crippen LogP contribution in [0.25, 0.3) is 0 Å². The van der Waals surface area contributed by atoms with Gasteiger partial charge in [-0.3, -0.25) is 9.59 Å². The van der Waals surface area contributed by atoms with E-state index in [0.29, 0.717) is 6.54 Å². The summed E-state index contributed by atoms with van der Waals surface area (Å²) >= 11 is 0. The number of carbonyl (C=O) groups excluding carboxylic acids is 2. The fourth-order valence-electron chi connectivity index (χ4n) is 3.61. The second kappa shape index (κ2) is 12.3. The van der Waals surface area contributed by atoms with Gasteiger partial charge < -0.3 is 10.2 Å². The average Bonchev–Trinajstić information content (AvgIpc) is 2.86. The van der Waals surface area contributed by atoms with Gasteiger partial charge >= 0.3 is 0 Å². The van der Waals surface area contributed by atoms with Crippen molar-refractivity contribution in [1.29, 1.82) is 0 Å². The normalized spacial score (nSPS) is 12.2. The number of nitrogens with zero attached hydrogens (tertiary/aromatic N) is 2. The Balaban J connectivity index is 1.78. The highest BCUT2D eigenvalue weighted by Gasteiger charge is 2.29. The molecule has 3 aromatic rings. The second-order valence-electron chi connectivity index (χ2n) is 8.40. The molecule has 0 aliphatic rings. The minimum absolute atomic E-state index is 0.0686. The molecule has 184 valence electrons. The lowest BCUT2D eigenvalue weighted by atomic mass is 10.1. The summed E-state index contributed by atoms with van der Waals surface area (Å²) in [6.07, 6.45) is 1.08. The van der Waals surface area contributed by atoms with E-state index < -0.39 is 22.0 Å². The van der Waals surface area contributed by atoms with Gasteiger partial charge in [-0.2, -0.15) is 4.31 Å². The quantitative estimate of drug-likeness (QED) is 0.445. The van der Waals surface area contributed by atoms with E-state index in [1.807, 2.05) is 91.0 Å². The van der Waals surface area contributed by atoms with Gasteiger partial charge in [0.2, 0.25) is 21.8 Å². The first-order valence-corrected chi connectivity index (χ1v) is 13.2. The van der Waals surface area contributed by atoms with Crippen LogP contribution in [0.15, 0.2) is 91.0 Å². The summed E-state index contributed by atoms with van der Waals surface area (Å²) in [7, 11) is -3.67. The third kappa shape index (κ3) is 8.05. The van der Waals surface area contributed by atoms with E-state index in [0.717, 1.165) is 27.3 Å². The van der Waals surface area contributed by atoms with E-state index in [9.17, 15) is 18.0 Å². The molecular formula is C27H31N3O4S. The Kier molecular flexibility index (Phi) is 9.17.